The number of hydrogen-bond donors (Lipinski definition) is 1. The van der Waals surface area contributed by atoms with Crippen LogP contribution in [0.3, 0.4) is 0 Å². The molecule has 1 N–H and O–H groups in total. The van der Waals surface area contributed by atoms with Crippen LogP contribution in [-0.4, -0.2) is 119 Å². The van der Waals surface area contributed by atoms with E-state index >= 15 is 0 Å². The summed E-state index contributed by atoms with van der Waals surface area (Å²) in [5, 5.41) is 2.41. The first-order valence-electron chi connectivity index (χ1n) is 15.6. The Balaban J connectivity index is 6.71. The number of esters is 7. The molecule has 1 amide bonds. The molecule has 18 heteroatoms. The molecule has 0 aromatic rings. The van der Waals surface area contributed by atoms with Crippen molar-refractivity contribution in [2.45, 2.75) is 12.5 Å². The van der Waals surface area contributed by atoms with Crippen molar-refractivity contribution < 1.29 is 81.0 Å². The van der Waals surface area contributed by atoms with Gasteiger partial charge in [0.25, 0.3) is 0 Å². The second-order valence-corrected chi connectivity index (χ2v) is 11.4. The zero-order valence-electron chi connectivity index (χ0n) is 30.0. The molecule has 0 spiro atoms. The topological polar surface area (TPSA) is 232 Å². The van der Waals surface area contributed by atoms with Gasteiger partial charge >= 0.3 is 47.9 Å². The molecule has 0 unspecified atom stereocenters. The fraction of sp³-hybridized carbons (Fsp3) is 0.389. The smallest absolute Gasteiger partial charge is 0.407 e. The maximum absolute atomic E-state index is 13.2. The quantitative estimate of drug-likeness (QED) is 0.0677. The number of carbonyl (C=O) groups excluding carboxylic acids is 8. The average molecular weight is 764 g/mol. The number of hydrogen-bond acceptors (Lipinski definition) is 17. The second-order valence-electron chi connectivity index (χ2n) is 11.4. The molecule has 0 aromatic carbocycles. The third-order valence-corrected chi connectivity index (χ3v) is 6.57. The van der Waals surface area contributed by atoms with Crippen LogP contribution < -0.4 is 5.32 Å². The van der Waals surface area contributed by atoms with Crippen molar-refractivity contribution in [2.24, 2.45) is 10.8 Å². The Hall–Kier alpha value is -6.30. The molecule has 0 saturated heterocycles. The van der Waals surface area contributed by atoms with Crippen LogP contribution in [0.25, 0.3) is 0 Å². The first-order chi connectivity index (χ1) is 25.5. The standard InChI is InChI=1S/C36H45NO17/c1-9-26(38)47-16-34(8,17-48-27(39)10-2)37-33(45)54-25-36(23-52-31(43)14-6,24-53-32(44)15-7)19-46-18-35(20-49-28(40)11-3,21-50-29(41)12-4)22-51-30(42)13-5/h9-15H,1-7,16-25H2,8H3,(H,37,45). The van der Waals surface area contributed by atoms with Crippen LogP contribution in [0.15, 0.2) is 88.6 Å². The molecule has 0 heterocycles. The highest BCUT2D eigenvalue weighted by atomic mass is 16.6. The van der Waals surface area contributed by atoms with E-state index in [1.54, 1.807) is 0 Å². The van der Waals surface area contributed by atoms with E-state index in [0.717, 1.165) is 42.5 Å². The zero-order chi connectivity index (χ0) is 41.2. The lowest BCUT2D eigenvalue weighted by molar-refractivity contribution is -0.167. The van der Waals surface area contributed by atoms with Gasteiger partial charge in [-0.15, -0.1) is 0 Å². The van der Waals surface area contributed by atoms with Crippen molar-refractivity contribution in [2.75, 3.05) is 66.1 Å². The van der Waals surface area contributed by atoms with Gasteiger partial charge in [0.2, 0.25) is 0 Å². The molecule has 0 radical (unpaired) electrons. The van der Waals surface area contributed by atoms with Gasteiger partial charge in [-0.25, -0.2) is 38.4 Å². The first-order valence-corrected chi connectivity index (χ1v) is 15.6. The largest absolute Gasteiger partial charge is 0.462 e. The first kappa shape index (κ1) is 47.7. The number of alkyl carbamates (subject to hydrolysis) is 1. The third kappa shape index (κ3) is 19.3. The molecule has 0 aromatic heterocycles. The number of amides is 1. The summed E-state index contributed by atoms with van der Waals surface area (Å²) in [5.41, 5.74) is -4.91. The highest BCUT2D eigenvalue weighted by Crippen LogP contribution is 2.26. The Morgan fingerprint density at radius 2 is 0.611 bits per heavy atom. The minimum atomic E-state index is -1.73. The molecule has 0 rings (SSSR count). The van der Waals surface area contributed by atoms with E-state index in [0.29, 0.717) is 0 Å². The highest BCUT2D eigenvalue weighted by Gasteiger charge is 2.41. The number of carbonyl (C=O) groups is 8. The minimum Gasteiger partial charge on any atom is -0.462 e. The fourth-order valence-corrected chi connectivity index (χ4v) is 3.59. The maximum Gasteiger partial charge on any atom is 0.407 e. The van der Waals surface area contributed by atoms with Crippen molar-refractivity contribution in [1.82, 2.24) is 5.32 Å². The van der Waals surface area contributed by atoms with Gasteiger partial charge in [-0.3, -0.25) is 0 Å². The molecular formula is C36H45NO17. The van der Waals surface area contributed by atoms with Crippen LogP contribution in [-0.2, 0) is 76.2 Å². The summed E-state index contributed by atoms with van der Waals surface area (Å²) in [6, 6.07) is 0. The summed E-state index contributed by atoms with van der Waals surface area (Å²) in [6.45, 7) is 18.6. The molecule has 0 aliphatic heterocycles. The molecule has 54 heavy (non-hydrogen) atoms. The normalized spacial score (nSPS) is 10.8. The highest BCUT2D eigenvalue weighted by molar-refractivity contribution is 5.83. The monoisotopic (exact) mass is 763 g/mol. The van der Waals surface area contributed by atoms with Gasteiger partial charge in [0, 0.05) is 42.5 Å². The predicted octanol–water partition coefficient (Wildman–Crippen LogP) is 1.57. The van der Waals surface area contributed by atoms with Crippen LogP contribution in [0.4, 0.5) is 4.79 Å². The number of ether oxygens (including phenoxy) is 9. The van der Waals surface area contributed by atoms with Gasteiger partial charge in [-0.2, -0.15) is 0 Å². The zero-order valence-corrected chi connectivity index (χ0v) is 30.0. The second kappa shape index (κ2) is 24.8. The molecule has 296 valence electrons. The summed E-state index contributed by atoms with van der Waals surface area (Å²) >= 11 is 0. The van der Waals surface area contributed by atoms with Crippen LogP contribution >= 0.6 is 0 Å². The van der Waals surface area contributed by atoms with Gasteiger partial charge in [0.15, 0.2) is 0 Å². The van der Waals surface area contributed by atoms with Crippen LogP contribution in [0.5, 0.6) is 0 Å². The van der Waals surface area contributed by atoms with E-state index in [1.165, 1.54) is 6.92 Å². The molecule has 18 nitrogen and oxygen atoms in total. The molecule has 0 aliphatic rings. The van der Waals surface area contributed by atoms with Crippen molar-refractivity contribution in [3.63, 3.8) is 0 Å². The van der Waals surface area contributed by atoms with Crippen molar-refractivity contribution in [3.8, 4) is 0 Å². The van der Waals surface area contributed by atoms with Crippen LogP contribution in [0.1, 0.15) is 6.92 Å². The summed E-state index contributed by atoms with van der Waals surface area (Å²) in [4.78, 5) is 97.0. The van der Waals surface area contributed by atoms with Gasteiger partial charge in [0.1, 0.15) is 58.4 Å². The molecule has 0 bridgehead atoms. The van der Waals surface area contributed by atoms with Gasteiger partial charge in [-0.05, 0) is 6.92 Å². The van der Waals surface area contributed by atoms with E-state index in [-0.39, 0.29) is 0 Å². The predicted molar refractivity (Wildman–Crippen MR) is 187 cm³/mol. The lowest BCUT2D eigenvalue weighted by Crippen LogP contribution is -2.54. The van der Waals surface area contributed by atoms with Crippen molar-refractivity contribution >= 4 is 47.9 Å². The van der Waals surface area contributed by atoms with E-state index in [4.69, 9.17) is 42.6 Å². The van der Waals surface area contributed by atoms with Gasteiger partial charge in [0.05, 0.1) is 24.0 Å². The lowest BCUT2D eigenvalue weighted by atomic mass is 9.90. The Bertz CT molecular complexity index is 1340. The average Bonchev–Trinajstić information content (AvgIpc) is 3.18. The van der Waals surface area contributed by atoms with E-state index in [2.05, 4.69) is 51.4 Å². The maximum atomic E-state index is 13.2. The van der Waals surface area contributed by atoms with Gasteiger partial charge in [-0.1, -0.05) is 46.1 Å². The van der Waals surface area contributed by atoms with Crippen LogP contribution in [0.2, 0.25) is 0 Å². The Labute approximate surface area is 312 Å². The van der Waals surface area contributed by atoms with E-state index in [1.807, 2.05) is 0 Å². The fourth-order valence-electron chi connectivity index (χ4n) is 3.59. The third-order valence-electron chi connectivity index (χ3n) is 6.57. The summed E-state index contributed by atoms with van der Waals surface area (Å²) in [7, 11) is 0. The van der Waals surface area contributed by atoms with Crippen molar-refractivity contribution in [3.05, 3.63) is 88.6 Å². The molecule has 0 atom stereocenters. The summed E-state index contributed by atoms with van der Waals surface area (Å²) in [6.07, 6.45) is 4.76. The van der Waals surface area contributed by atoms with E-state index < -0.39 is 130 Å². The molecule has 0 aliphatic carbocycles. The molecule has 0 saturated carbocycles. The Morgan fingerprint density at radius 1 is 0.389 bits per heavy atom. The number of rotatable bonds is 28. The lowest BCUT2D eigenvalue weighted by Gasteiger charge is -2.35. The molecule has 0 fully saturated rings. The van der Waals surface area contributed by atoms with E-state index in [9.17, 15) is 38.4 Å². The SMILES string of the molecule is C=CC(=O)OCC(COCC(COC(=O)C=C)(COC(=O)C=C)COC(=O)NC(C)(COC(=O)C=C)COC(=O)C=C)(COC(=O)C=C)COC(=O)C=C. The Morgan fingerprint density at radius 3 is 0.852 bits per heavy atom. The minimum absolute atomic E-state index is 0.523. The van der Waals surface area contributed by atoms with Crippen LogP contribution in [0, 0.1) is 10.8 Å². The van der Waals surface area contributed by atoms with Gasteiger partial charge < -0.3 is 47.9 Å². The summed E-state index contributed by atoms with van der Waals surface area (Å²) < 4.78 is 47.5. The Kier molecular flexibility index (Phi) is 21.9. The number of nitrogens with one attached hydrogen (secondary N) is 1. The van der Waals surface area contributed by atoms with Crippen molar-refractivity contribution in [1.29, 1.82) is 0 Å². The molecular weight excluding hydrogens is 718 g/mol. The summed E-state index contributed by atoms with van der Waals surface area (Å²) in [5.74, 6) is -6.26.